The van der Waals surface area contributed by atoms with Gasteiger partial charge in [-0.25, -0.2) is 0 Å². The first-order valence-corrected chi connectivity index (χ1v) is 7.29. The number of benzene rings is 1. The molecule has 0 saturated heterocycles. The minimum absolute atomic E-state index is 0.208. The molecule has 0 aromatic heterocycles. The van der Waals surface area contributed by atoms with Gasteiger partial charge in [-0.15, -0.1) is 11.8 Å². The van der Waals surface area contributed by atoms with E-state index in [1.165, 1.54) is 11.8 Å². The molecule has 4 nitrogen and oxygen atoms in total. The number of allylic oxidation sites excluding steroid dienone is 1. The topological polar surface area (TPSA) is 64.4 Å². The van der Waals surface area contributed by atoms with E-state index in [0.717, 1.165) is 30.0 Å². The van der Waals surface area contributed by atoms with Gasteiger partial charge in [0.15, 0.2) is 0 Å². The third-order valence-corrected chi connectivity index (χ3v) is 3.90. The fourth-order valence-electron chi connectivity index (χ4n) is 1.85. The van der Waals surface area contributed by atoms with Crippen molar-refractivity contribution >= 4 is 23.4 Å². The molecule has 102 valence electrons. The Labute approximate surface area is 117 Å². The summed E-state index contributed by atoms with van der Waals surface area (Å²) in [4.78, 5) is 11.9. The predicted octanol–water partition coefficient (Wildman–Crippen LogP) is 2.37. The van der Waals surface area contributed by atoms with E-state index < -0.39 is 0 Å². The minimum Gasteiger partial charge on any atom is -0.497 e. The number of anilines is 1. The lowest BCUT2D eigenvalue weighted by Gasteiger charge is -2.21. The maximum Gasteiger partial charge on any atom is 0.227 e. The van der Waals surface area contributed by atoms with Crippen molar-refractivity contribution in [2.75, 3.05) is 17.6 Å². The Bertz CT molecular complexity index is 463. The number of rotatable bonds is 6. The molecule has 3 N–H and O–H groups in total. The van der Waals surface area contributed by atoms with Crippen LogP contribution >= 0.6 is 11.8 Å². The molecule has 5 heteroatoms. The van der Waals surface area contributed by atoms with Crippen molar-refractivity contribution in [3.8, 4) is 0 Å². The monoisotopic (exact) mass is 278 g/mol. The maximum atomic E-state index is 10.8. The molecule has 1 atom stereocenters. The summed E-state index contributed by atoms with van der Waals surface area (Å²) in [5, 5.41) is 3.37. The summed E-state index contributed by atoms with van der Waals surface area (Å²) >= 11 is 1.45. The van der Waals surface area contributed by atoms with E-state index in [0.29, 0.717) is 5.75 Å². The number of hydrogen-bond donors (Lipinski definition) is 2. The lowest BCUT2D eigenvalue weighted by Crippen LogP contribution is -2.23. The molecule has 1 aromatic carbocycles. The zero-order valence-corrected chi connectivity index (χ0v) is 11.5. The fourth-order valence-corrected chi connectivity index (χ4v) is 2.61. The van der Waals surface area contributed by atoms with E-state index in [4.69, 9.17) is 10.5 Å². The Kier molecular flexibility index (Phi) is 5.15. The van der Waals surface area contributed by atoms with Gasteiger partial charge in [-0.05, 0) is 31.1 Å². The molecule has 1 unspecified atom stereocenters. The van der Waals surface area contributed by atoms with Crippen molar-refractivity contribution < 1.29 is 9.53 Å². The van der Waals surface area contributed by atoms with Gasteiger partial charge in [0, 0.05) is 10.6 Å². The highest BCUT2D eigenvalue weighted by Crippen LogP contribution is 2.27. The van der Waals surface area contributed by atoms with Gasteiger partial charge in [-0.1, -0.05) is 12.1 Å². The molecule has 0 bridgehead atoms. The molecule has 0 radical (unpaired) electrons. The summed E-state index contributed by atoms with van der Waals surface area (Å²) in [5.41, 5.74) is 6.19. The van der Waals surface area contributed by atoms with Crippen LogP contribution in [0.4, 0.5) is 5.69 Å². The van der Waals surface area contributed by atoms with Gasteiger partial charge in [0.05, 0.1) is 18.6 Å². The molecule has 0 saturated carbocycles. The summed E-state index contributed by atoms with van der Waals surface area (Å²) in [7, 11) is 0. The van der Waals surface area contributed by atoms with Crippen molar-refractivity contribution in [1.82, 2.24) is 0 Å². The number of amides is 1. The van der Waals surface area contributed by atoms with E-state index in [9.17, 15) is 4.79 Å². The standard InChI is InChI=1S/C14H18N2O2S/c15-14(17)10-19-13-7-2-1-6-12(13)16-9-11-5-3-4-8-18-11/h1-2,4,6-8,11,16H,3,5,9-10H2,(H2,15,17). The Hall–Kier alpha value is -1.62. The van der Waals surface area contributed by atoms with Crippen LogP contribution in [-0.2, 0) is 9.53 Å². The van der Waals surface area contributed by atoms with Crippen LogP contribution in [0, 0.1) is 0 Å². The summed E-state index contributed by atoms with van der Waals surface area (Å²) < 4.78 is 5.51. The van der Waals surface area contributed by atoms with Crippen molar-refractivity contribution in [3.05, 3.63) is 36.6 Å². The van der Waals surface area contributed by atoms with E-state index in [-0.39, 0.29) is 12.0 Å². The van der Waals surface area contributed by atoms with Crippen LogP contribution in [0.1, 0.15) is 12.8 Å². The van der Waals surface area contributed by atoms with Gasteiger partial charge in [0.2, 0.25) is 5.91 Å². The van der Waals surface area contributed by atoms with Gasteiger partial charge < -0.3 is 15.8 Å². The molecule has 1 aliphatic heterocycles. The molecule has 0 fully saturated rings. The van der Waals surface area contributed by atoms with Gasteiger partial charge >= 0.3 is 0 Å². The molecule has 1 aromatic rings. The molecule has 19 heavy (non-hydrogen) atoms. The van der Waals surface area contributed by atoms with Crippen LogP contribution in [0.3, 0.4) is 0 Å². The third-order valence-electron chi connectivity index (χ3n) is 2.80. The highest BCUT2D eigenvalue weighted by molar-refractivity contribution is 8.00. The largest absolute Gasteiger partial charge is 0.497 e. The summed E-state index contributed by atoms with van der Waals surface area (Å²) in [6.07, 6.45) is 6.10. The Balaban J connectivity index is 1.91. The van der Waals surface area contributed by atoms with Crippen LogP contribution in [0.15, 0.2) is 41.5 Å². The van der Waals surface area contributed by atoms with Crippen LogP contribution in [-0.4, -0.2) is 24.3 Å². The smallest absolute Gasteiger partial charge is 0.227 e. The number of primary amides is 1. The average Bonchev–Trinajstić information content (AvgIpc) is 2.45. The number of carbonyl (C=O) groups excluding carboxylic acids is 1. The van der Waals surface area contributed by atoms with Crippen LogP contribution in [0.2, 0.25) is 0 Å². The average molecular weight is 278 g/mol. The van der Waals surface area contributed by atoms with E-state index >= 15 is 0 Å². The normalized spacial score (nSPS) is 17.8. The number of nitrogens with two attached hydrogens (primary N) is 1. The SMILES string of the molecule is NC(=O)CSc1ccccc1NCC1CCC=CO1. The molecule has 1 aliphatic rings. The zero-order valence-electron chi connectivity index (χ0n) is 10.7. The van der Waals surface area contributed by atoms with E-state index in [1.807, 2.05) is 30.3 Å². The van der Waals surface area contributed by atoms with Gasteiger partial charge in [0.1, 0.15) is 6.10 Å². The lowest BCUT2D eigenvalue weighted by atomic mass is 10.1. The van der Waals surface area contributed by atoms with Gasteiger partial charge in [-0.2, -0.15) is 0 Å². The number of carbonyl (C=O) groups is 1. The van der Waals surface area contributed by atoms with Gasteiger partial charge in [0.25, 0.3) is 0 Å². The highest BCUT2D eigenvalue weighted by Gasteiger charge is 2.11. The molecule has 0 spiro atoms. The van der Waals surface area contributed by atoms with Crippen molar-refractivity contribution in [1.29, 1.82) is 0 Å². The molecule has 1 heterocycles. The Morgan fingerprint density at radius 2 is 2.32 bits per heavy atom. The van der Waals surface area contributed by atoms with Crippen molar-refractivity contribution in [3.63, 3.8) is 0 Å². The van der Waals surface area contributed by atoms with Crippen molar-refractivity contribution in [2.24, 2.45) is 5.73 Å². The lowest BCUT2D eigenvalue weighted by molar-refractivity contribution is -0.115. The first-order valence-electron chi connectivity index (χ1n) is 6.30. The fraction of sp³-hybridized carbons (Fsp3) is 0.357. The van der Waals surface area contributed by atoms with E-state index in [1.54, 1.807) is 6.26 Å². The van der Waals surface area contributed by atoms with E-state index in [2.05, 4.69) is 5.32 Å². The second-order valence-electron chi connectivity index (χ2n) is 4.34. The number of nitrogens with one attached hydrogen (secondary N) is 1. The quantitative estimate of drug-likeness (QED) is 0.784. The second-order valence-corrected chi connectivity index (χ2v) is 5.36. The third kappa shape index (κ3) is 4.52. The molecule has 2 rings (SSSR count). The number of hydrogen-bond acceptors (Lipinski definition) is 4. The first-order chi connectivity index (χ1) is 9.25. The molecule has 1 amide bonds. The van der Waals surface area contributed by atoms with Crippen LogP contribution in [0.5, 0.6) is 0 Å². The number of para-hydroxylation sites is 1. The number of ether oxygens (including phenoxy) is 1. The summed E-state index contributed by atoms with van der Waals surface area (Å²) in [6, 6.07) is 7.91. The summed E-state index contributed by atoms with van der Waals surface area (Å²) in [6.45, 7) is 0.762. The Morgan fingerprint density at radius 1 is 1.47 bits per heavy atom. The molecular weight excluding hydrogens is 260 g/mol. The maximum absolute atomic E-state index is 10.8. The summed E-state index contributed by atoms with van der Waals surface area (Å²) in [5.74, 6) is -0.0120. The minimum atomic E-state index is -0.305. The van der Waals surface area contributed by atoms with Crippen LogP contribution in [0.25, 0.3) is 0 Å². The van der Waals surface area contributed by atoms with Gasteiger partial charge in [-0.3, -0.25) is 4.79 Å². The van der Waals surface area contributed by atoms with Crippen molar-refractivity contribution in [2.45, 2.75) is 23.8 Å². The molecule has 0 aliphatic carbocycles. The number of thioether (sulfide) groups is 1. The zero-order chi connectivity index (χ0) is 13.5. The second kappa shape index (κ2) is 7.09. The first kappa shape index (κ1) is 13.8. The Morgan fingerprint density at radius 3 is 3.05 bits per heavy atom. The highest BCUT2D eigenvalue weighted by atomic mass is 32.2. The van der Waals surface area contributed by atoms with Crippen LogP contribution < -0.4 is 11.1 Å². The molecular formula is C14H18N2O2S. The predicted molar refractivity (Wildman–Crippen MR) is 78.1 cm³/mol.